The third kappa shape index (κ3) is 5.06. The van der Waals surface area contributed by atoms with Crippen LogP contribution in [0.3, 0.4) is 0 Å². The number of carbonyl (C=O) groups is 2. The van der Waals surface area contributed by atoms with Gasteiger partial charge in [0, 0.05) is 25.3 Å². The summed E-state index contributed by atoms with van der Waals surface area (Å²) in [6.07, 6.45) is 0.986. The summed E-state index contributed by atoms with van der Waals surface area (Å²) in [5, 5.41) is 0. The molecule has 2 aliphatic heterocycles. The van der Waals surface area contributed by atoms with Gasteiger partial charge in [0.25, 0.3) is 0 Å². The van der Waals surface area contributed by atoms with Gasteiger partial charge in [-0.3, -0.25) is 9.69 Å². The fourth-order valence-corrected chi connectivity index (χ4v) is 4.08. The molecule has 2 aliphatic rings. The van der Waals surface area contributed by atoms with Crippen LogP contribution >= 0.6 is 11.8 Å². The van der Waals surface area contributed by atoms with E-state index in [1.165, 1.54) is 11.0 Å². The Balaban J connectivity index is 1.63. The highest BCUT2D eigenvalue weighted by Crippen LogP contribution is 2.29. The van der Waals surface area contributed by atoms with Crippen LogP contribution in [0, 0.1) is 5.82 Å². The van der Waals surface area contributed by atoms with E-state index in [0.717, 1.165) is 31.0 Å². The number of thioether (sulfide) groups is 1. The van der Waals surface area contributed by atoms with E-state index in [0.29, 0.717) is 24.2 Å². The first-order valence-electron chi connectivity index (χ1n) is 9.34. The highest BCUT2D eigenvalue weighted by Gasteiger charge is 2.33. The Morgan fingerprint density at radius 2 is 2.22 bits per heavy atom. The van der Waals surface area contributed by atoms with Crippen LogP contribution < -0.4 is 9.80 Å². The third-order valence-electron chi connectivity index (χ3n) is 4.56. The first kappa shape index (κ1) is 19.8. The number of amides is 1. The summed E-state index contributed by atoms with van der Waals surface area (Å²) < 4.78 is 25.0. The SMILES string of the molecule is CCCC(=O)OC[C@H]1CN(c2ccc(N3CCCSCC3)c(F)c2)C(=O)O1. The molecule has 1 atom stereocenters. The molecule has 27 heavy (non-hydrogen) atoms. The topological polar surface area (TPSA) is 59.1 Å². The Hall–Kier alpha value is -1.96. The van der Waals surface area contributed by atoms with Gasteiger partial charge in [0.1, 0.15) is 12.4 Å². The molecule has 0 spiro atoms. The lowest BCUT2D eigenvalue weighted by Crippen LogP contribution is -2.28. The Bertz CT molecular complexity index is 680. The van der Waals surface area contributed by atoms with Crippen molar-refractivity contribution in [2.75, 3.05) is 47.5 Å². The number of carbonyl (C=O) groups excluding carboxylic acids is 2. The predicted octanol–water partition coefficient (Wildman–Crippen LogP) is 3.44. The van der Waals surface area contributed by atoms with Crippen LogP contribution in [-0.2, 0) is 14.3 Å². The summed E-state index contributed by atoms with van der Waals surface area (Å²) in [4.78, 5) is 27.0. The van der Waals surface area contributed by atoms with Crippen molar-refractivity contribution in [3.05, 3.63) is 24.0 Å². The zero-order valence-electron chi connectivity index (χ0n) is 15.5. The molecular formula is C19H25FN2O4S. The molecule has 148 valence electrons. The normalized spacial score (nSPS) is 20.4. The molecule has 1 aromatic carbocycles. The molecule has 1 amide bonds. The van der Waals surface area contributed by atoms with Crippen molar-refractivity contribution >= 4 is 35.2 Å². The second kappa shape index (κ2) is 9.30. The largest absolute Gasteiger partial charge is 0.462 e. The van der Waals surface area contributed by atoms with Crippen molar-refractivity contribution in [3.8, 4) is 0 Å². The second-order valence-electron chi connectivity index (χ2n) is 6.64. The van der Waals surface area contributed by atoms with Crippen molar-refractivity contribution in [3.63, 3.8) is 0 Å². The van der Waals surface area contributed by atoms with E-state index in [2.05, 4.69) is 4.90 Å². The van der Waals surface area contributed by atoms with Crippen LogP contribution in [0.25, 0.3) is 0 Å². The van der Waals surface area contributed by atoms with Crippen molar-refractivity contribution in [1.29, 1.82) is 0 Å². The van der Waals surface area contributed by atoms with Gasteiger partial charge in [0.05, 0.1) is 17.9 Å². The summed E-state index contributed by atoms with van der Waals surface area (Å²) >= 11 is 1.88. The van der Waals surface area contributed by atoms with Crippen LogP contribution in [-0.4, -0.2) is 55.9 Å². The maximum Gasteiger partial charge on any atom is 0.414 e. The van der Waals surface area contributed by atoms with Crippen LogP contribution in [0.15, 0.2) is 18.2 Å². The maximum absolute atomic E-state index is 14.7. The maximum atomic E-state index is 14.7. The Morgan fingerprint density at radius 1 is 1.37 bits per heavy atom. The van der Waals surface area contributed by atoms with E-state index in [4.69, 9.17) is 9.47 Å². The minimum atomic E-state index is -0.551. The first-order chi connectivity index (χ1) is 13.1. The molecule has 0 radical (unpaired) electrons. The smallest absolute Gasteiger partial charge is 0.414 e. The summed E-state index contributed by atoms with van der Waals surface area (Å²) in [6.45, 7) is 3.80. The fourth-order valence-electron chi connectivity index (χ4n) is 3.19. The van der Waals surface area contributed by atoms with E-state index in [1.807, 2.05) is 18.7 Å². The highest BCUT2D eigenvalue weighted by atomic mass is 32.2. The zero-order chi connectivity index (χ0) is 19.2. The van der Waals surface area contributed by atoms with E-state index < -0.39 is 12.2 Å². The number of ether oxygens (including phenoxy) is 2. The van der Waals surface area contributed by atoms with E-state index in [-0.39, 0.29) is 24.9 Å². The van der Waals surface area contributed by atoms with Gasteiger partial charge in [-0.25, -0.2) is 9.18 Å². The Labute approximate surface area is 163 Å². The van der Waals surface area contributed by atoms with Gasteiger partial charge >= 0.3 is 12.1 Å². The molecule has 6 nitrogen and oxygen atoms in total. The molecule has 0 bridgehead atoms. The fraction of sp³-hybridized carbons (Fsp3) is 0.579. The molecule has 0 saturated carbocycles. The summed E-state index contributed by atoms with van der Waals surface area (Å²) in [5.41, 5.74) is 1.02. The number of anilines is 2. The quantitative estimate of drug-likeness (QED) is 0.687. The van der Waals surface area contributed by atoms with E-state index in [9.17, 15) is 14.0 Å². The van der Waals surface area contributed by atoms with Gasteiger partial charge in [0.15, 0.2) is 6.10 Å². The molecule has 0 aromatic heterocycles. The standard InChI is InChI=1S/C19H25FN2O4S/c1-2-4-18(23)25-13-15-12-22(19(24)26-15)14-5-6-17(16(20)11-14)21-7-3-9-27-10-8-21/h5-6,11,15H,2-4,7-10,12-13H2,1H3/t15-/m1/s1. The minimum Gasteiger partial charge on any atom is -0.462 e. The van der Waals surface area contributed by atoms with Gasteiger partial charge in [-0.2, -0.15) is 11.8 Å². The molecule has 0 unspecified atom stereocenters. The lowest BCUT2D eigenvalue weighted by atomic mass is 10.2. The Morgan fingerprint density at radius 3 is 3.00 bits per heavy atom. The number of hydrogen-bond donors (Lipinski definition) is 0. The molecule has 1 aromatic rings. The number of rotatable bonds is 6. The lowest BCUT2D eigenvalue weighted by Gasteiger charge is -2.24. The molecule has 0 aliphatic carbocycles. The molecule has 3 rings (SSSR count). The Kier molecular flexibility index (Phi) is 6.82. The summed E-state index contributed by atoms with van der Waals surface area (Å²) in [5.74, 6) is 1.43. The van der Waals surface area contributed by atoms with Crippen LogP contribution in [0.4, 0.5) is 20.6 Å². The van der Waals surface area contributed by atoms with Crippen molar-refractivity contribution in [1.82, 2.24) is 0 Å². The van der Waals surface area contributed by atoms with Crippen molar-refractivity contribution in [2.24, 2.45) is 0 Å². The molecular weight excluding hydrogens is 371 g/mol. The van der Waals surface area contributed by atoms with Gasteiger partial charge in [0.2, 0.25) is 0 Å². The number of esters is 1. The highest BCUT2D eigenvalue weighted by molar-refractivity contribution is 7.99. The number of nitrogens with zero attached hydrogens (tertiary/aromatic N) is 2. The van der Waals surface area contributed by atoms with Crippen molar-refractivity contribution in [2.45, 2.75) is 32.3 Å². The van der Waals surface area contributed by atoms with Gasteiger partial charge < -0.3 is 14.4 Å². The summed E-state index contributed by atoms with van der Waals surface area (Å²) in [7, 11) is 0. The lowest BCUT2D eigenvalue weighted by molar-refractivity contribution is -0.146. The zero-order valence-corrected chi connectivity index (χ0v) is 16.3. The van der Waals surface area contributed by atoms with Gasteiger partial charge in [-0.1, -0.05) is 6.92 Å². The molecule has 8 heteroatoms. The summed E-state index contributed by atoms with van der Waals surface area (Å²) in [6, 6.07) is 4.84. The number of hydrogen-bond acceptors (Lipinski definition) is 6. The van der Waals surface area contributed by atoms with Gasteiger partial charge in [-0.05, 0) is 36.8 Å². The van der Waals surface area contributed by atoms with Gasteiger partial charge in [-0.15, -0.1) is 0 Å². The number of benzene rings is 1. The molecule has 2 saturated heterocycles. The van der Waals surface area contributed by atoms with Crippen LogP contribution in [0.1, 0.15) is 26.2 Å². The molecule has 2 heterocycles. The third-order valence-corrected chi connectivity index (χ3v) is 5.61. The van der Waals surface area contributed by atoms with Crippen molar-refractivity contribution < 1.29 is 23.5 Å². The monoisotopic (exact) mass is 396 g/mol. The second-order valence-corrected chi connectivity index (χ2v) is 7.86. The molecule has 2 fully saturated rings. The predicted molar refractivity (Wildman–Crippen MR) is 104 cm³/mol. The number of cyclic esters (lactones) is 1. The minimum absolute atomic E-state index is 0.0209. The van der Waals surface area contributed by atoms with Crippen LogP contribution in [0.5, 0.6) is 0 Å². The average molecular weight is 396 g/mol. The average Bonchev–Trinajstić information content (AvgIpc) is 2.83. The number of halogens is 1. The van der Waals surface area contributed by atoms with Crippen LogP contribution in [0.2, 0.25) is 0 Å². The first-order valence-corrected chi connectivity index (χ1v) is 10.5. The van der Waals surface area contributed by atoms with E-state index in [1.54, 1.807) is 12.1 Å². The van der Waals surface area contributed by atoms with E-state index >= 15 is 0 Å². The molecule has 0 N–H and O–H groups in total.